The minimum Gasteiger partial charge on any atom is -0.374 e. The van der Waals surface area contributed by atoms with Crippen molar-refractivity contribution in [3.8, 4) is 0 Å². The molecular formula is C17H17IN2O2. The molecule has 2 rings (SSSR count). The van der Waals surface area contributed by atoms with Crippen LogP contribution in [0.25, 0.3) is 0 Å². The van der Waals surface area contributed by atoms with Crippen LogP contribution in [0.3, 0.4) is 0 Å². The topological polar surface area (TPSA) is 58.2 Å². The molecule has 2 aromatic carbocycles. The summed E-state index contributed by atoms with van der Waals surface area (Å²) in [5.74, 6) is -0.124. The number of amides is 1. The number of ketones is 1. The second kappa shape index (κ2) is 7.40. The van der Waals surface area contributed by atoms with Crippen molar-refractivity contribution in [2.45, 2.75) is 19.9 Å². The van der Waals surface area contributed by atoms with Crippen LogP contribution in [0.1, 0.15) is 24.2 Å². The zero-order chi connectivity index (χ0) is 16.1. The van der Waals surface area contributed by atoms with Gasteiger partial charge in [0.05, 0.1) is 0 Å². The van der Waals surface area contributed by atoms with Gasteiger partial charge in [-0.25, -0.2) is 0 Å². The highest BCUT2D eigenvalue weighted by Gasteiger charge is 2.12. The van der Waals surface area contributed by atoms with Crippen molar-refractivity contribution in [1.29, 1.82) is 0 Å². The van der Waals surface area contributed by atoms with Gasteiger partial charge in [-0.3, -0.25) is 9.59 Å². The van der Waals surface area contributed by atoms with E-state index < -0.39 is 0 Å². The number of Topliss-reactive ketones (excluding diaryl/α,β-unsaturated/α-hetero) is 1. The minimum absolute atomic E-state index is 0.00613. The molecule has 0 radical (unpaired) electrons. The monoisotopic (exact) mass is 408 g/mol. The quantitative estimate of drug-likeness (QED) is 0.582. The maximum absolute atomic E-state index is 12.2. The average Bonchev–Trinajstić information content (AvgIpc) is 2.50. The van der Waals surface area contributed by atoms with Crippen LogP contribution in [0.2, 0.25) is 0 Å². The van der Waals surface area contributed by atoms with Crippen molar-refractivity contribution in [2.24, 2.45) is 0 Å². The lowest BCUT2D eigenvalue weighted by Gasteiger charge is -2.15. The highest BCUT2D eigenvalue weighted by molar-refractivity contribution is 14.1. The van der Waals surface area contributed by atoms with E-state index in [1.807, 2.05) is 24.3 Å². The van der Waals surface area contributed by atoms with E-state index in [1.165, 1.54) is 6.92 Å². The largest absolute Gasteiger partial charge is 0.374 e. The van der Waals surface area contributed by atoms with E-state index in [1.54, 1.807) is 31.2 Å². The van der Waals surface area contributed by atoms with E-state index in [0.29, 0.717) is 11.3 Å². The van der Waals surface area contributed by atoms with Crippen LogP contribution < -0.4 is 10.6 Å². The number of nitrogens with one attached hydrogen (secondary N) is 2. The maximum atomic E-state index is 12.2. The lowest BCUT2D eigenvalue weighted by molar-refractivity contribution is -0.116. The third kappa shape index (κ3) is 4.56. The number of anilines is 2. The van der Waals surface area contributed by atoms with Crippen molar-refractivity contribution < 1.29 is 9.59 Å². The highest BCUT2D eigenvalue weighted by atomic mass is 127. The molecular weight excluding hydrogens is 391 g/mol. The van der Waals surface area contributed by atoms with Gasteiger partial charge in [-0.05, 0) is 85.0 Å². The molecule has 1 atom stereocenters. The summed E-state index contributed by atoms with van der Waals surface area (Å²) in [6.45, 7) is 3.32. The second-order valence-corrected chi connectivity index (χ2v) is 6.24. The van der Waals surface area contributed by atoms with E-state index in [4.69, 9.17) is 0 Å². The maximum Gasteiger partial charge on any atom is 0.246 e. The Kier molecular flexibility index (Phi) is 5.54. The molecule has 0 bridgehead atoms. The first kappa shape index (κ1) is 16.5. The van der Waals surface area contributed by atoms with Gasteiger partial charge in [-0.1, -0.05) is 0 Å². The molecule has 0 fully saturated rings. The molecule has 0 spiro atoms. The first-order chi connectivity index (χ1) is 10.5. The van der Waals surface area contributed by atoms with Gasteiger partial charge in [0.25, 0.3) is 0 Å². The Bertz CT molecular complexity index is 666. The summed E-state index contributed by atoms with van der Waals surface area (Å²) < 4.78 is 1.14. The second-order valence-electron chi connectivity index (χ2n) is 5.00. The molecule has 0 saturated heterocycles. The van der Waals surface area contributed by atoms with Gasteiger partial charge in [-0.15, -0.1) is 0 Å². The molecule has 5 heteroatoms. The smallest absolute Gasteiger partial charge is 0.246 e. The number of benzene rings is 2. The molecule has 2 aromatic rings. The van der Waals surface area contributed by atoms with Crippen LogP contribution in [0.5, 0.6) is 0 Å². The van der Waals surface area contributed by atoms with E-state index >= 15 is 0 Å². The SMILES string of the molecule is CC(=O)c1ccc(NC(=O)C(C)Nc2ccc(I)cc2)cc1. The predicted molar refractivity (Wildman–Crippen MR) is 97.3 cm³/mol. The van der Waals surface area contributed by atoms with Crippen LogP contribution in [-0.2, 0) is 4.79 Å². The minimum atomic E-state index is -0.368. The highest BCUT2D eigenvalue weighted by Crippen LogP contribution is 2.14. The van der Waals surface area contributed by atoms with Gasteiger partial charge in [0.15, 0.2) is 5.78 Å². The van der Waals surface area contributed by atoms with Crippen molar-refractivity contribution in [1.82, 2.24) is 0 Å². The Morgan fingerprint density at radius 1 is 0.955 bits per heavy atom. The van der Waals surface area contributed by atoms with Gasteiger partial charge in [0.2, 0.25) is 5.91 Å². The van der Waals surface area contributed by atoms with Gasteiger partial charge in [-0.2, -0.15) is 0 Å². The average molecular weight is 408 g/mol. The standard InChI is InChI=1S/C17H17IN2O2/c1-11(19-15-9-5-14(18)6-10-15)17(22)20-16-7-3-13(4-8-16)12(2)21/h3-11,19H,1-2H3,(H,20,22). The summed E-state index contributed by atoms with van der Waals surface area (Å²) in [4.78, 5) is 23.4. The van der Waals surface area contributed by atoms with Crippen LogP contribution in [0.4, 0.5) is 11.4 Å². The lowest BCUT2D eigenvalue weighted by Crippen LogP contribution is -2.31. The Balaban J connectivity index is 1.95. The number of rotatable bonds is 5. The van der Waals surface area contributed by atoms with Crippen LogP contribution in [0, 0.1) is 3.57 Å². The first-order valence-electron chi connectivity index (χ1n) is 6.89. The number of carbonyl (C=O) groups is 2. The fourth-order valence-electron chi connectivity index (χ4n) is 1.90. The van der Waals surface area contributed by atoms with Gasteiger partial charge in [0.1, 0.15) is 6.04 Å². The summed E-state index contributed by atoms with van der Waals surface area (Å²) in [5, 5.41) is 5.97. The molecule has 0 aliphatic heterocycles. The fourth-order valence-corrected chi connectivity index (χ4v) is 2.26. The summed E-state index contributed by atoms with van der Waals surface area (Å²) >= 11 is 2.23. The van der Waals surface area contributed by atoms with Gasteiger partial charge in [0, 0.05) is 20.5 Å². The summed E-state index contributed by atoms with van der Waals surface area (Å²) in [7, 11) is 0. The van der Waals surface area contributed by atoms with E-state index in [2.05, 4.69) is 33.2 Å². The first-order valence-corrected chi connectivity index (χ1v) is 7.97. The fraction of sp³-hybridized carbons (Fsp3) is 0.176. The normalized spacial score (nSPS) is 11.6. The Morgan fingerprint density at radius 2 is 1.50 bits per heavy atom. The van der Waals surface area contributed by atoms with E-state index in [-0.39, 0.29) is 17.7 Å². The molecule has 0 saturated carbocycles. The molecule has 22 heavy (non-hydrogen) atoms. The summed E-state index contributed by atoms with van der Waals surface area (Å²) in [6.07, 6.45) is 0. The van der Waals surface area contributed by atoms with Crippen molar-refractivity contribution in [3.63, 3.8) is 0 Å². The zero-order valence-electron chi connectivity index (χ0n) is 12.4. The molecule has 0 heterocycles. The molecule has 1 amide bonds. The summed E-state index contributed by atoms with van der Waals surface area (Å²) in [6, 6.07) is 14.3. The number of carbonyl (C=O) groups excluding carboxylic acids is 2. The molecule has 2 N–H and O–H groups in total. The summed E-state index contributed by atoms with van der Waals surface area (Å²) in [5.41, 5.74) is 2.20. The number of halogens is 1. The Morgan fingerprint density at radius 3 is 2.05 bits per heavy atom. The lowest BCUT2D eigenvalue weighted by atomic mass is 10.1. The van der Waals surface area contributed by atoms with Crippen LogP contribution in [0.15, 0.2) is 48.5 Å². The van der Waals surface area contributed by atoms with Crippen molar-refractivity contribution in [3.05, 3.63) is 57.7 Å². The third-order valence-corrected chi connectivity index (χ3v) is 3.90. The van der Waals surface area contributed by atoms with E-state index in [9.17, 15) is 9.59 Å². The van der Waals surface area contributed by atoms with Crippen molar-refractivity contribution >= 4 is 45.7 Å². The van der Waals surface area contributed by atoms with Gasteiger partial charge < -0.3 is 10.6 Å². The predicted octanol–water partition coefficient (Wildman–Crippen LogP) is 3.93. The number of hydrogen-bond acceptors (Lipinski definition) is 3. The number of hydrogen-bond donors (Lipinski definition) is 2. The van der Waals surface area contributed by atoms with E-state index in [0.717, 1.165) is 9.26 Å². The molecule has 4 nitrogen and oxygen atoms in total. The molecule has 0 aliphatic rings. The molecule has 0 aromatic heterocycles. The third-order valence-electron chi connectivity index (χ3n) is 3.18. The van der Waals surface area contributed by atoms with Crippen molar-refractivity contribution in [2.75, 3.05) is 10.6 Å². The Labute approximate surface area is 143 Å². The Hall–Kier alpha value is -1.89. The zero-order valence-corrected chi connectivity index (χ0v) is 14.5. The molecule has 1 unspecified atom stereocenters. The van der Waals surface area contributed by atoms with Gasteiger partial charge >= 0.3 is 0 Å². The van der Waals surface area contributed by atoms with Crippen LogP contribution >= 0.6 is 22.6 Å². The molecule has 0 aliphatic carbocycles. The van der Waals surface area contributed by atoms with Crippen LogP contribution in [-0.4, -0.2) is 17.7 Å². The molecule has 114 valence electrons.